The normalized spacial score (nSPS) is 12.0. The summed E-state index contributed by atoms with van der Waals surface area (Å²) in [5.74, 6) is 0.856. The minimum absolute atomic E-state index is 0.216. The fourth-order valence-corrected chi connectivity index (χ4v) is 0.949. The molecule has 1 rings (SSSR count). The highest BCUT2D eigenvalue weighted by Gasteiger charge is 2.14. The minimum atomic E-state index is -0.216. The maximum Gasteiger partial charge on any atom is 0.138 e. The van der Waals surface area contributed by atoms with Crippen LogP contribution < -0.4 is 5.73 Å². The Labute approximate surface area is 66.6 Å². The molecule has 0 aliphatic rings. The molecule has 0 saturated carbocycles. The number of nitrogens with two attached hydrogens (primary N) is 1. The Bertz CT molecular complexity index is 234. The van der Waals surface area contributed by atoms with Gasteiger partial charge in [0.2, 0.25) is 0 Å². The molecule has 0 atom stereocenters. The third-order valence-corrected chi connectivity index (χ3v) is 1.31. The standard InChI is InChI=1S/C8H14N2O/c1-6-4-7(11-10-6)5-8(2,3)9/h4H,5,9H2,1-3H3. The Kier molecular flexibility index (Phi) is 2.00. The zero-order valence-electron chi connectivity index (χ0n) is 7.22. The van der Waals surface area contributed by atoms with Gasteiger partial charge in [-0.1, -0.05) is 5.16 Å². The van der Waals surface area contributed by atoms with Gasteiger partial charge in [0.25, 0.3) is 0 Å². The second-order valence-corrected chi connectivity index (χ2v) is 3.60. The van der Waals surface area contributed by atoms with Crippen LogP contribution in [0.1, 0.15) is 25.3 Å². The summed E-state index contributed by atoms with van der Waals surface area (Å²) >= 11 is 0. The second-order valence-electron chi connectivity index (χ2n) is 3.60. The van der Waals surface area contributed by atoms with Crippen LogP contribution in [-0.2, 0) is 6.42 Å². The highest BCUT2D eigenvalue weighted by Crippen LogP contribution is 2.10. The van der Waals surface area contributed by atoms with Crippen LogP contribution in [0.15, 0.2) is 10.6 Å². The monoisotopic (exact) mass is 154 g/mol. The van der Waals surface area contributed by atoms with Crippen molar-refractivity contribution in [2.45, 2.75) is 32.7 Å². The first-order chi connectivity index (χ1) is 4.97. The van der Waals surface area contributed by atoms with Crippen LogP contribution in [0.4, 0.5) is 0 Å². The lowest BCUT2D eigenvalue weighted by Crippen LogP contribution is -2.34. The van der Waals surface area contributed by atoms with Crippen LogP contribution in [0.2, 0.25) is 0 Å². The summed E-state index contributed by atoms with van der Waals surface area (Å²) in [5, 5.41) is 3.77. The van der Waals surface area contributed by atoms with E-state index < -0.39 is 0 Å². The SMILES string of the molecule is Cc1cc(CC(C)(C)N)on1. The molecule has 62 valence electrons. The Hall–Kier alpha value is -0.830. The average molecular weight is 154 g/mol. The zero-order valence-corrected chi connectivity index (χ0v) is 7.22. The van der Waals surface area contributed by atoms with Crippen molar-refractivity contribution in [1.29, 1.82) is 0 Å². The van der Waals surface area contributed by atoms with Crippen LogP contribution in [0.5, 0.6) is 0 Å². The van der Waals surface area contributed by atoms with Crippen LogP contribution in [-0.4, -0.2) is 10.7 Å². The van der Waals surface area contributed by atoms with Crippen molar-refractivity contribution in [2.75, 3.05) is 0 Å². The zero-order chi connectivity index (χ0) is 8.48. The molecule has 0 spiro atoms. The van der Waals surface area contributed by atoms with Gasteiger partial charge in [0.1, 0.15) is 5.76 Å². The van der Waals surface area contributed by atoms with Crippen molar-refractivity contribution in [2.24, 2.45) is 5.73 Å². The molecule has 0 bridgehead atoms. The fourth-order valence-electron chi connectivity index (χ4n) is 0.949. The van der Waals surface area contributed by atoms with Crippen molar-refractivity contribution >= 4 is 0 Å². The van der Waals surface area contributed by atoms with E-state index in [0.29, 0.717) is 0 Å². The van der Waals surface area contributed by atoms with E-state index in [1.165, 1.54) is 0 Å². The number of rotatable bonds is 2. The molecule has 11 heavy (non-hydrogen) atoms. The van der Waals surface area contributed by atoms with Gasteiger partial charge in [-0.2, -0.15) is 0 Å². The molecular weight excluding hydrogens is 140 g/mol. The molecular formula is C8H14N2O. The smallest absolute Gasteiger partial charge is 0.138 e. The largest absolute Gasteiger partial charge is 0.361 e. The third kappa shape index (κ3) is 2.72. The van der Waals surface area contributed by atoms with Gasteiger partial charge in [0.05, 0.1) is 5.69 Å². The molecule has 0 fully saturated rings. The summed E-state index contributed by atoms with van der Waals surface area (Å²) in [6.45, 7) is 5.83. The van der Waals surface area contributed by atoms with Crippen molar-refractivity contribution in [3.63, 3.8) is 0 Å². The minimum Gasteiger partial charge on any atom is -0.361 e. The summed E-state index contributed by atoms with van der Waals surface area (Å²) in [7, 11) is 0. The summed E-state index contributed by atoms with van der Waals surface area (Å²) < 4.78 is 5.01. The molecule has 0 saturated heterocycles. The van der Waals surface area contributed by atoms with Crippen LogP contribution >= 0.6 is 0 Å². The molecule has 0 aliphatic carbocycles. The second kappa shape index (κ2) is 2.66. The highest BCUT2D eigenvalue weighted by atomic mass is 16.5. The number of hydrogen-bond acceptors (Lipinski definition) is 3. The van der Waals surface area contributed by atoms with Gasteiger partial charge in [-0.25, -0.2) is 0 Å². The lowest BCUT2D eigenvalue weighted by atomic mass is 10.0. The average Bonchev–Trinajstić information content (AvgIpc) is 2.10. The number of nitrogens with zero attached hydrogens (tertiary/aromatic N) is 1. The van der Waals surface area contributed by atoms with E-state index in [1.807, 2.05) is 26.8 Å². The van der Waals surface area contributed by atoms with E-state index in [4.69, 9.17) is 10.3 Å². The number of aryl methyl sites for hydroxylation is 1. The molecule has 0 radical (unpaired) electrons. The number of aromatic nitrogens is 1. The molecule has 3 nitrogen and oxygen atoms in total. The predicted molar refractivity (Wildman–Crippen MR) is 43.2 cm³/mol. The van der Waals surface area contributed by atoms with Gasteiger partial charge >= 0.3 is 0 Å². The quantitative estimate of drug-likeness (QED) is 0.697. The van der Waals surface area contributed by atoms with E-state index in [9.17, 15) is 0 Å². The van der Waals surface area contributed by atoms with Gasteiger partial charge < -0.3 is 10.3 Å². The molecule has 0 unspecified atom stereocenters. The first kappa shape index (κ1) is 8.27. The van der Waals surface area contributed by atoms with Crippen LogP contribution in [0.25, 0.3) is 0 Å². The summed E-state index contributed by atoms with van der Waals surface area (Å²) in [6, 6.07) is 1.91. The molecule has 1 heterocycles. The molecule has 1 aromatic rings. The van der Waals surface area contributed by atoms with Gasteiger partial charge in [-0.3, -0.25) is 0 Å². The summed E-state index contributed by atoms with van der Waals surface area (Å²) in [4.78, 5) is 0. The third-order valence-electron chi connectivity index (χ3n) is 1.31. The fraction of sp³-hybridized carbons (Fsp3) is 0.625. The van der Waals surface area contributed by atoms with Crippen molar-refractivity contribution in [1.82, 2.24) is 5.16 Å². The predicted octanol–water partition coefficient (Wildman–Crippen LogP) is 1.26. The Morgan fingerprint density at radius 1 is 1.64 bits per heavy atom. The van der Waals surface area contributed by atoms with E-state index in [-0.39, 0.29) is 5.54 Å². The summed E-state index contributed by atoms with van der Waals surface area (Å²) in [5.41, 5.74) is 6.48. The molecule has 0 amide bonds. The van der Waals surface area contributed by atoms with Crippen molar-refractivity contribution in [3.05, 3.63) is 17.5 Å². The van der Waals surface area contributed by atoms with E-state index in [2.05, 4.69) is 5.16 Å². The van der Waals surface area contributed by atoms with E-state index in [1.54, 1.807) is 0 Å². The van der Waals surface area contributed by atoms with Crippen LogP contribution in [0, 0.1) is 6.92 Å². The summed E-state index contributed by atoms with van der Waals surface area (Å²) in [6.07, 6.45) is 0.730. The van der Waals surface area contributed by atoms with Gasteiger partial charge in [-0.15, -0.1) is 0 Å². The van der Waals surface area contributed by atoms with E-state index >= 15 is 0 Å². The lowest BCUT2D eigenvalue weighted by Gasteiger charge is -2.15. The van der Waals surface area contributed by atoms with Crippen LogP contribution in [0.3, 0.4) is 0 Å². The first-order valence-electron chi connectivity index (χ1n) is 3.68. The maximum atomic E-state index is 5.79. The Morgan fingerprint density at radius 3 is 2.64 bits per heavy atom. The Balaban J connectivity index is 2.65. The van der Waals surface area contributed by atoms with Gasteiger partial charge in [-0.05, 0) is 20.8 Å². The number of hydrogen-bond donors (Lipinski definition) is 1. The van der Waals surface area contributed by atoms with E-state index in [0.717, 1.165) is 17.9 Å². The van der Waals surface area contributed by atoms with Gasteiger partial charge in [0.15, 0.2) is 0 Å². The maximum absolute atomic E-state index is 5.79. The first-order valence-corrected chi connectivity index (χ1v) is 3.68. The Morgan fingerprint density at radius 2 is 2.27 bits per heavy atom. The highest BCUT2D eigenvalue weighted by molar-refractivity contribution is 5.05. The topological polar surface area (TPSA) is 52.0 Å². The molecule has 0 aliphatic heterocycles. The van der Waals surface area contributed by atoms with Gasteiger partial charge in [0, 0.05) is 18.0 Å². The molecule has 0 aromatic carbocycles. The molecule has 3 heteroatoms. The lowest BCUT2D eigenvalue weighted by molar-refractivity contribution is 0.352. The van der Waals surface area contributed by atoms with Crippen molar-refractivity contribution in [3.8, 4) is 0 Å². The van der Waals surface area contributed by atoms with Crippen molar-refractivity contribution < 1.29 is 4.52 Å². The molecule has 1 aromatic heterocycles. The molecule has 2 N–H and O–H groups in total.